The number of amides is 1. The van der Waals surface area contributed by atoms with Gasteiger partial charge in [-0.15, -0.1) is 0 Å². The lowest BCUT2D eigenvalue weighted by Crippen LogP contribution is -2.40. The molecule has 0 bridgehead atoms. The number of ether oxygens (including phenoxy) is 3. The molecule has 48 heavy (non-hydrogen) atoms. The van der Waals surface area contributed by atoms with E-state index in [9.17, 15) is 9.59 Å². The van der Waals surface area contributed by atoms with E-state index in [0.29, 0.717) is 61.8 Å². The Morgan fingerprint density at radius 3 is 2.52 bits per heavy atom. The third-order valence-electron chi connectivity index (χ3n) is 7.63. The number of para-hydroxylation sites is 1. The smallest absolute Gasteiger partial charge is 0.271 e. The van der Waals surface area contributed by atoms with Gasteiger partial charge in [0.1, 0.15) is 12.4 Å². The summed E-state index contributed by atoms with van der Waals surface area (Å²) in [4.78, 5) is 33.3. The molecule has 1 aromatic heterocycles. The number of nitrogens with one attached hydrogen (secondary N) is 1. The van der Waals surface area contributed by atoms with Gasteiger partial charge in [0.05, 0.1) is 39.1 Å². The van der Waals surface area contributed by atoms with Crippen LogP contribution in [0.1, 0.15) is 36.6 Å². The first-order valence-corrected chi connectivity index (χ1v) is 17.4. The number of rotatable bonds is 10. The van der Waals surface area contributed by atoms with Crippen LogP contribution in [-0.2, 0) is 11.4 Å². The molecule has 2 heterocycles. The molecule has 1 amide bonds. The Kier molecular flexibility index (Phi) is 10.3. The molecule has 8 nitrogen and oxygen atoms in total. The van der Waals surface area contributed by atoms with E-state index in [4.69, 9.17) is 30.8 Å². The number of thiazole rings is 1. The van der Waals surface area contributed by atoms with Crippen molar-refractivity contribution in [2.24, 2.45) is 4.99 Å². The summed E-state index contributed by atoms with van der Waals surface area (Å²) in [5.41, 5.74) is 3.76. The Morgan fingerprint density at radius 2 is 1.81 bits per heavy atom. The van der Waals surface area contributed by atoms with Gasteiger partial charge in [0.15, 0.2) is 16.3 Å². The molecule has 0 aliphatic carbocycles. The van der Waals surface area contributed by atoms with Crippen LogP contribution in [0.15, 0.2) is 112 Å². The van der Waals surface area contributed by atoms with Crippen molar-refractivity contribution in [2.75, 3.05) is 19.0 Å². The number of hydrogen-bond donors (Lipinski definition) is 1. The average Bonchev–Trinajstić information content (AvgIpc) is 3.37. The van der Waals surface area contributed by atoms with Gasteiger partial charge in [-0.1, -0.05) is 65.4 Å². The maximum Gasteiger partial charge on any atom is 0.271 e. The van der Waals surface area contributed by atoms with E-state index in [1.807, 2.05) is 104 Å². The van der Waals surface area contributed by atoms with Gasteiger partial charge in [-0.25, -0.2) is 4.99 Å². The Morgan fingerprint density at radius 1 is 1.04 bits per heavy atom. The van der Waals surface area contributed by atoms with Crippen LogP contribution in [0.3, 0.4) is 0 Å². The monoisotopic (exact) mass is 791 g/mol. The fourth-order valence-corrected chi connectivity index (χ4v) is 7.50. The molecular formula is C37H31ClIN3O5S. The van der Waals surface area contributed by atoms with E-state index >= 15 is 0 Å². The minimum absolute atomic E-state index is 0.259. The Balaban J connectivity index is 1.40. The molecule has 0 saturated heterocycles. The molecule has 5 aromatic rings. The van der Waals surface area contributed by atoms with Crippen molar-refractivity contribution in [1.29, 1.82) is 0 Å². The molecular weight excluding hydrogens is 761 g/mol. The van der Waals surface area contributed by atoms with Crippen molar-refractivity contribution in [3.05, 3.63) is 147 Å². The fourth-order valence-electron chi connectivity index (χ4n) is 5.46. The van der Waals surface area contributed by atoms with Crippen LogP contribution < -0.4 is 34.4 Å². The van der Waals surface area contributed by atoms with Gasteiger partial charge in [0, 0.05) is 10.7 Å². The number of methoxy groups -OCH3 is 1. The summed E-state index contributed by atoms with van der Waals surface area (Å²) in [7, 11) is 1.58. The first kappa shape index (κ1) is 33.5. The number of fused-ring (bicyclic) bond motifs is 1. The van der Waals surface area contributed by atoms with Crippen LogP contribution in [0.4, 0.5) is 5.69 Å². The Labute approximate surface area is 300 Å². The number of carbonyl (C=O) groups excluding carboxylic acids is 1. The number of allylic oxidation sites excluding steroid dienone is 1. The number of nitrogens with zero attached hydrogens (tertiary/aromatic N) is 2. The van der Waals surface area contributed by atoms with E-state index in [2.05, 4.69) is 27.9 Å². The molecule has 1 atom stereocenters. The van der Waals surface area contributed by atoms with Gasteiger partial charge in [-0.05, 0) is 108 Å². The first-order chi connectivity index (χ1) is 23.2. The van der Waals surface area contributed by atoms with E-state index in [0.717, 1.165) is 20.3 Å². The van der Waals surface area contributed by atoms with Crippen molar-refractivity contribution < 1.29 is 19.0 Å². The minimum atomic E-state index is -0.709. The zero-order chi connectivity index (χ0) is 33.8. The summed E-state index contributed by atoms with van der Waals surface area (Å²) >= 11 is 9.62. The summed E-state index contributed by atoms with van der Waals surface area (Å²) in [5, 5.41) is 3.62. The fraction of sp³-hybridized carbons (Fsp3) is 0.162. The van der Waals surface area contributed by atoms with Crippen molar-refractivity contribution >= 4 is 63.2 Å². The Bertz CT molecular complexity index is 2200. The average molecular weight is 792 g/mol. The molecule has 11 heteroatoms. The molecule has 0 unspecified atom stereocenters. The van der Waals surface area contributed by atoms with Crippen molar-refractivity contribution in [1.82, 2.24) is 4.57 Å². The molecule has 4 aromatic carbocycles. The van der Waals surface area contributed by atoms with E-state index < -0.39 is 6.04 Å². The highest BCUT2D eigenvalue weighted by atomic mass is 127. The molecule has 0 spiro atoms. The topological polar surface area (TPSA) is 91.2 Å². The Hall–Kier alpha value is -4.39. The van der Waals surface area contributed by atoms with Gasteiger partial charge in [0.2, 0.25) is 0 Å². The number of halogens is 2. The largest absolute Gasteiger partial charge is 0.494 e. The quantitative estimate of drug-likeness (QED) is 0.152. The lowest BCUT2D eigenvalue weighted by Gasteiger charge is -2.25. The predicted octanol–water partition coefficient (Wildman–Crippen LogP) is 7.12. The highest BCUT2D eigenvalue weighted by molar-refractivity contribution is 14.1. The predicted molar refractivity (Wildman–Crippen MR) is 198 cm³/mol. The van der Waals surface area contributed by atoms with Gasteiger partial charge in [-0.2, -0.15) is 0 Å². The molecule has 6 rings (SSSR count). The molecule has 1 N–H and O–H groups in total. The van der Waals surface area contributed by atoms with Gasteiger partial charge in [0.25, 0.3) is 11.5 Å². The van der Waals surface area contributed by atoms with E-state index in [-0.39, 0.29) is 11.5 Å². The highest BCUT2D eigenvalue weighted by Gasteiger charge is 2.32. The number of carbonyl (C=O) groups is 1. The third-order valence-corrected chi connectivity index (χ3v) is 9.65. The van der Waals surface area contributed by atoms with Crippen molar-refractivity contribution in [3.63, 3.8) is 0 Å². The number of benzene rings is 4. The first-order valence-electron chi connectivity index (χ1n) is 15.1. The lowest BCUT2D eigenvalue weighted by molar-refractivity contribution is -0.113. The molecule has 1 aliphatic rings. The van der Waals surface area contributed by atoms with E-state index in [1.54, 1.807) is 18.6 Å². The van der Waals surface area contributed by atoms with Crippen LogP contribution in [-0.4, -0.2) is 24.2 Å². The minimum Gasteiger partial charge on any atom is -0.494 e. The number of aromatic nitrogens is 1. The summed E-state index contributed by atoms with van der Waals surface area (Å²) in [6.07, 6.45) is 1.81. The van der Waals surface area contributed by atoms with Crippen LogP contribution in [0, 0.1) is 3.57 Å². The summed E-state index contributed by atoms with van der Waals surface area (Å²) in [5.74, 6) is 1.50. The maximum absolute atomic E-state index is 14.2. The normalized spacial score (nSPS) is 14.3. The molecule has 0 saturated carbocycles. The zero-order valence-electron chi connectivity index (χ0n) is 26.3. The van der Waals surface area contributed by atoms with Crippen LogP contribution >= 0.6 is 45.5 Å². The molecule has 0 radical (unpaired) electrons. The van der Waals surface area contributed by atoms with Crippen LogP contribution in [0.25, 0.3) is 6.08 Å². The second-order valence-corrected chi connectivity index (χ2v) is 13.5. The van der Waals surface area contributed by atoms with Gasteiger partial charge < -0.3 is 19.5 Å². The third kappa shape index (κ3) is 7.20. The van der Waals surface area contributed by atoms with Crippen molar-refractivity contribution in [2.45, 2.75) is 26.5 Å². The van der Waals surface area contributed by atoms with Crippen molar-refractivity contribution in [3.8, 4) is 17.2 Å². The summed E-state index contributed by atoms with van der Waals surface area (Å²) in [6.45, 7) is 4.56. The second-order valence-electron chi connectivity index (χ2n) is 10.9. The molecule has 0 fully saturated rings. The zero-order valence-corrected chi connectivity index (χ0v) is 30.1. The summed E-state index contributed by atoms with van der Waals surface area (Å²) < 4.78 is 20.4. The maximum atomic E-state index is 14.2. The highest BCUT2D eigenvalue weighted by Crippen LogP contribution is 2.35. The number of anilines is 1. The SMILES string of the molecule is CCOc1ccc([C@@H]2C(C(=O)Nc3ccccc3)=C(C)N=c3s/c(=C\c4cc(I)c(OCc5cccc(Cl)c5)c(OC)c4)c(=O)n32)cc1. The molecule has 244 valence electrons. The van der Waals surface area contributed by atoms with Crippen LogP contribution in [0.5, 0.6) is 17.2 Å². The number of hydrogen-bond acceptors (Lipinski definition) is 7. The van der Waals surface area contributed by atoms with Gasteiger partial charge in [-0.3, -0.25) is 14.2 Å². The van der Waals surface area contributed by atoms with E-state index in [1.165, 1.54) is 11.3 Å². The van der Waals surface area contributed by atoms with Crippen LogP contribution in [0.2, 0.25) is 5.02 Å². The second kappa shape index (κ2) is 14.8. The lowest BCUT2D eigenvalue weighted by atomic mass is 9.95. The standard InChI is InChI=1S/C37H31ClIN3O5S/c1-4-46-28-15-13-25(14-16-28)33-32(35(43)41-27-11-6-5-7-12-27)22(2)40-37-42(33)36(44)31(48-37)20-24-18-29(39)34(30(19-24)45-3)47-21-23-9-8-10-26(38)17-23/h5-20,33H,4,21H2,1-3H3,(H,41,43)/b31-20-/t33-/m1/s1. The summed E-state index contributed by atoms with van der Waals surface area (Å²) in [6, 6.07) is 27.2. The molecule has 1 aliphatic heterocycles. The van der Waals surface area contributed by atoms with Gasteiger partial charge >= 0.3 is 0 Å².